The molecular formula is C6H7ClN2O2. The summed E-state index contributed by atoms with van der Waals surface area (Å²) in [6.07, 6.45) is 2.78. The Hall–Kier alpha value is -1.16. The third-order valence-corrected chi connectivity index (χ3v) is 0.976. The molecule has 0 unspecified atom stereocenters. The third-order valence-electron chi connectivity index (χ3n) is 0.976. The van der Waals surface area contributed by atoms with Crippen LogP contribution in [0, 0.1) is 0 Å². The van der Waals surface area contributed by atoms with Gasteiger partial charge in [0.25, 0.3) is 0 Å². The van der Waals surface area contributed by atoms with E-state index >= 15 is 0 Å². The molecule has 1 heterocycles. The van der Waals surface area contributed by atoms with Crippen molar-refractivity contribution in [3.8, 4) is 0 Å². The summed E-state index contributed by atoms with van der Waals surface area (Å²) >= 11 is 0. The summed E-state index contributed by atoms with van der Waals surface area (Å²) < 4.78 is 4.41. The molecule has 1 aromatic heterocycles. The molecule has 0 saturated carbocycles. The molecule has 0 N–H and O–H groups in total. The van der Waals surface area contributed by atoms with Crippen LogP contribution in [0.1, 0.15) is 10.5 Å². The smallest absolute Gasteiger partial charge is 0.356 e. The van der Waals surface area contributed by atoms with E-state index in [4.69, 9.17) is 0 Å². The fraction of sp³-hybridized carbons (Fsp3) is 0.167. The van der Waals surface area contributed by atoms with E-state index in [9.17, 15) is 4.79 Å². The Morgan fingerprint density at radius 2 is 2.36 bits per heavy atom. The SMILES string of the molecule is COC(=O)c1ccncn1.Cl. The molecule has 0 aliphatic heterocycles. The quantitative estimate of drug-likeness (QED) is 0.588. The van der Waals surface area contributed by atoms with Gasteiger partial charge < -0.3 is 4.74 Å². The van der Waals surface area contributed by atoms with Gasteiger partial charge in [-0.1, -0.05) is 0 Å². The summed E-state index contributed by atoms with van der Waals surface area (Å²) in [5.41, 5.74) is 0.275. The number of carbonyl (C=O) groups is 1. The van der Waals surface area contributed by atoms with Gasteiger partial charge in [-0.3, -0.25) is 0 Å². The number of methoxy groups -OCH3 is 1. The van der Waals surface area contributed by atoms with Gasteiger partial charge in [0, 0.05) is 6.20 Å². The normalized spacial score (nSPS) is 8.09. The summed E-state index contributed by atoms with van der Waals surface area (Å²) in [7, 11) is 1.31. The van der Waals surface area contributed by atoms with E-state index in [1.807, 2.05) is 0 Å². The molecule has 0 fully saturated rings. The number of rotatable bonds is 1. The lowest BCUT2D eigenvalue weighted by molar-refractivity contribution is 0.0594. The fourth-order valence-corrected chi connectivity index (χ4v) is 0.516. The van der Waals surface area contributed by atoms with Gasteiger partial charge in [0.1, 0.15) is 6.33 Å². The number of halogens is 1. The maximum atomic E-state index is 10.7. The number of ether oxygens (including phenoxy) is 1. The number of nitrogens with zero attached hydrogens (tertiary/aromatic N) is 2. The van der Waals surface area contributed by atoms with Crippen LogP contribution in [0.25, 0.3) is 0 Å². The van der Waals surface area contributed by atoms with E-state index in [0.717, 1.165) is 0 Å². The van der Waals surface area contributed by atoms with Gasteiger partial charge in [-0.15, -0.1) is 12.4 Å². The Balaban J connectivity index is 0.000001000. The molecule has 1 aromatic rings. The molecule has 0 aliphatic carbocycles. The van der Waals surface area contributed by atoms with Crippen LogP contribution in [0.4, 0.5) is 0 Å². The zero-order valence-electron chi connectivity index (χ0n) is 5.85. The Morgan fingerprint density at radius 1 is 1.64 bits per heavy atom. The molecule has 0 aromatic carbocycles. The van der Waals surface area contributed by atoms with Gasteiger partial charge in [-0.05, 0) is 6.07 Å². The molecule has 60 valence electrons. The van der Waals surface area contributed by atoms with Crippen molar-refractivity contribution in [3.63, 3.8) is 0 Å². The van der Waals surface area contributed by atoms with Crippen molar-refractivity contribution in [2.45, 2.75) is 0 Å². The average molecular weight is 175 g/mol. The summed E-state index contributed by atoms with van der Waals surface area (Å²) in [6.45, 7) is 0. The van der Waals surface area contributed by atoms with E-state index < -0.39 is 5.97 Å². The monoisotopic (exact) mass is 174 g/mol. The van der Waals surface area contributed by atoms with Crippen molar-refractivity contribution >= 4 is 18.4 Å². The highest BCUT2D eigenvalue weighted by atomic mass is 35.5. The highest BCUT2D eigenvalue weighted by molar-refractivity contribution is 5.86. The molecule has 0 atom stereocenters. The number of esters is 1. The molecule has 4 nitrogen and oxygen atoms in total. The van der Waals surface area contributed by atoms with Gasteiger partial charge in [0.05, 0.1) is 7.11 Å². The molecule has 0 saturated heterocycles. The van der Waals surface area contributed by atoms with Crippen LogP contribution in [-0.2, 0) is 4.74 Å². The largest absolute Gasteiger partial charge is 0.464 e. The standard InChI is InChI=1S/C6H6N2O2.ClH/c1-10-6(9)5-2-3-7-4-8-5;/h2-4H,1H3;1H. The first-order chi connectivity index (χ1) is 4.84. The third kappa shape index (κ3) is 2.51. The molecule has 0 bridgehead atoms. The second-order valence-corrected chi connectivity index (χ2v) is 1.59. The van der Waals surface area contributed by atoms with Crippen LogP contribution >= 0.6 is 12.4 Å². The molecule has 5 heteroatoms. The number of hydrogen-bond donors (Lipinski definition) is 0. The molecule has 1 rings (SSSR count). The van der Waals surface area contributed by atoms with Crippen LogP contribution in [0.2, 0.25) is 0 Å². The topological polar surface area (TPSA) is 52.1 Å². The maximum Gasteiger partial charge on any atom is 0.356 e. The Labute approximate surface area is 70.0 Å². The summed E-state index contributed by atoms with van der Waals surface area (Å²) in [6, 6.07) is 1.49. The molecule has 0 aliphatic rings. The number of carbonyl (C=O) groups excluding carboxylic acids is 1. The molecule has 0 spiro atoms. The summed E-state index contributed by atoms with van der Waals surface area (Å²) in [4.78, 5) is 18.0. The van der Waals surface area contributed by atoms with Gasteiger partial charge in [0.2, 0.25) is 0 Å². The minimum absolute atomic E-state index is 0. The highest BCUT2D eigenvalue weighted by Crippen LogP contribution is 1.91. The van der Waals surface area contributed by atoms with Crippen LogP contribution < -0.4 is 0 Å². The molecule has 11 heavy (non-hydrogen) atoms. The van der Waals surface area contributed by atoms with Crippen molar-refractivity contribution in [2.24, 2.45) is 0 Å². The zero-order chi connectivity index (χ0) is 7.40. The Kier molecular flexibility index (Phi) is 4.14. The minimum atomic E-state index is -0.442. The Morgan fingerprint density at radius 3 is 2.82 bits per heavy atom. The van der Waals surface area contributed by atoms with Crippen LogP contribution in [0.5, 0.6) is 0 Å². The van der Waals surface area contributed by atoms with E-state index in [2.05, 4.69) is 14.7 Å². The first kappa shape index (κ1) is 9.84. The lowest BCUT2D eigenvalue weighted by Crippen LogP contribution is -2.03. The predicted octanol–water partition coefficient (Wildman–Crippen LogP) is 0.685. The van der Waals surface area contributed by atoms with Gasteiger partial charge in [0.15, 0.2) is 5.69 Å². The van der Waals surface area contributed by atoms with Crippen molar-refractivity contribution < 1.29 is 9.53 Å². The van der Waals surface area contributed by atoms with Crippen molar-refractivity contribution in [2.75, 3.05) is 7.11 Å². The number of aromatic nitrogens is 2. The van der Waals surface area contributed by atoms with Crippen molar-refractivity contribution in [1.29, 1.82) is 0 Å². The van der Waals surface area contributed by atoms with Gasteiger partial charge in [-0.2, -0.15) is 0 Å². The van der Waals surface area contributed by atoms with Crippen LogP contribution in [-0.4, -0.2) is 23.0 Å². The lowest BCUT2D eigenvalue weighted by atomic mass is 10.4. The molecule has 0 amide bonds. The summed E-state index contributed by atoms with van der Waals surface area (Å²) in [5.74, 6) is -0.442. The zero-order valence-corrected chi connectivity index (χ0v) is 6.67. The second kappa shape index (κ2) is 4.62. The van der Waals surface area contributed by atoms with Crippen molar-refractivity contribution in [3.05, 3.63) is 24.3 Å². The van der Waals surface area contributed by atoms with Gasteiger partial charge in [-0.25, -0.2) is 14.8 Å². The first-order valence-electron chi connectivity index (χ1n) is 2.69. The molecule has 0 radical (unpaired) electrons. The van der Waals surface area contributed by atoms with Crippen LogP contribution in [0.15, 0.2) is 18.6 Å². The minimum Gasteiger partial charge on any atom is -0.464 e. The fourth-order valence-electron chi connectivity index (χ4n) is 0.516. The number of hydrogen-bond acceptors (Lipinski definition) is 4. The van der Waals surface area contributed by atoms with E-state index in [1.165, 1.54) is 25.7 Å². The summed E-state index contributed by atoms with van der Waals surface area (Å²) in [5, 5.41) is 0. The lowest BCUT2D eigenvalue weighted by Gasteiger charge is -1.93. The first-order valence-corrected chi connectivity index (χ1v) is 2.69. The van der Waals surface area contributed by atoms with E-state index in [1.54, 1.807) is 0 Å². The van der Waals surface area contributed by atoms with Crippen molar-refractivity contribution in [1.82, 2.24) is 9.97 Å². The van der Waals surface area contributed by atoms with Gasteiger partial charge >= 0.3 is 5.97 Å². The predicted molar refractivity (Wildman–Crippen MR) is 40.6 cm³/mol. The van der Waals surface area contributed by atoms with Crippen LogP contribution in [0.3, 0.4) is 0 Å². The highest BCUT2D eigenvalue weighted by Gasteiger charge is 2.03. The Bertz CT molecular complexity index is 227. The second-order valence-electron chi connectivity index (χ2n) is 1.59. The van der Waals surface area contributed by atoms with E-state index in [0.29, 0.717) is 0 Å². The van der Waals surface area contributed by atoms with E-state index in [-0.39, 0.29) is 18.1 Å². The maximum absolute atomic E-state index is 10.7. The molecular weight excluding hydrogens is 168 g/mol. The average Bonchev–Trinajstić information content (AvgIpc) is 2.05.